The van der Waals surface area contributed by atoms with Crippen molar-refractivity contribution in [2.45, 2.75) is 44.4 Å². The molecule has 3 rings (SSSR count). The predicted octanol–water partition coefficient (Wildman–Crippen LogP) is 0.871. The molecule has 1 aliphatic carbocycles. The zero-order chi connectivity index (χ0) is 12.0. The van der Waals surface area contributed by atoms with E-state index >= 15 is 0 Å². The Balaban J connectivity index is 1.64. The molecule has 0 bridgehead atoms. The minimum atomic E-state index is -0.0616. The van der Waals surface area contributed by atoms with Gasteiger partial charge in [0.05, 0.1) is 25.4 Å². The summed E-state index contributed by atoms with van der Waals surface area (Å²) in [5, 5.41) is 7.19. The number of hydrogen-bond acceptors (Lipinski definition) is 4. The first-order valence-corrected chi connectivity index (χ1v) is 6.75. The fraction of sp³-hybridized carbons (Fsp3) is 1.00. The van der Waals surface area contributed by atoms with E-state index in [9.17, 15) is 0 Å². The van der Waals surface area contributed by atoms with Gasteiger partial charge < -0.3 is 14.8 Å². The number of morpholine rings is 1. The largest absolute Gasteiger partial charge is 0.378 e. The quantitative estimate of drug-likeness (QED) is 0.659. The first-order valence-electron chi connectivity index (χ1n) is 6.75. The number of ether oxygens (including phenoxy) is 2. The van der Waals surface area contributed by atoms with Gasteiger partial charge in [0, 0.05) is 13.1 Å². The van der Waals surface area contributed by atoms with Crippen molar-refractivity contribution >= 4 is 0 Å². The Hall–Kier alpha value is -0.160. The second kappa shape index (κ2) is 3.92. The normalized spacial score (nSPS) is 45.5. The fourth-order valence-corrected chi connectivity index (χ4v) is 3.39. The number of rotatable bonds is 0. The Bertz CT molecular complexity index is 288. The summed E-state index contributed by atoms with van der Waals surface area (Å²) in [5.74, 6) is 0. The Morgan fingerprint density at radius 3 is 2.47 bits per heavy atom. The van der Waals surface area contributed by atoms with Crippen molar-refractivity contribution in [1.29, 1.82) is 0 Å². The minimum absolute atomic E-state index is 0.0102. The molecule has 2 spiro atoms. The van der Waals surface area contributed by atoms with Crippen LogP contribution < -0.4 is 10.6 Å². The molecule has 98 valence electrons. The average Bonchev–Trinajstić information content (AvgIpc) is 2.62. The maximum atomic E-state index is 6.20. The van der Waals surface area contributed by atoms with Crippen molar-refractivity contribution in [3.8, 4) is 0 Å². The lowest BCUT2D eigenvalue weighted by atomic mass is 9.90. The fourth-order valence-electron chi connectivity index (χ4n) is 3.39. The second-order valence-corrected chi connectivity index (χ2v) is 6.74. The van der Waals surface area contributed by atoms with Gasteiger partial charge in [0.15, 0.2) is 0 Å². The molecule has 4 heteroatoms. The molecule has 1 saturated carbocycles. The third-order valence-electron chi connectivity index (χ3n) is 4.47. The smallest absolute Gasteiger partial charge is 0.119 e. The maximum Gasteiger partial charge on any atom is 0.119 e. The Morgan fingerprint density at radius 2 is 1.94 bits per heavy atom. The van der Waals surface area contributed by atoms with Crippen LogP contribution in [-0.2, 0) is 9.47 Å². The van der Waals surface area contributed by atoms with Crippen LogP contribution in [-0.4, -0.2) is 44.2 Å². The van der Waals surface area contributed by atoms with Crippen LogP contribution in [0.1, 0.15) is 33.1 Å². The minimum Gasteiger partial charge on any atom is -0.378 e. The van der Waals surface area contributed by atoms with Crippen LogP contribution in [0, 0.1) is 5.41 Å². The molecule has 0 amide bonds. The highest BCUT2D eigenvalue weighted by Crippen LogP contribution is 2.45. The van der Waals surface area contributed by atoms with E-state index in [-0.39, 0.29) is 11.3 Å². The Kier molecular flexibility index (Phi) is 2.74. The van der Waals surface area contributed by atoms with Crippen molar-refractivity contribution < 1.29 is 9.47 Å². The SMILES string of the molecule is CC1(C)CCC2(C1)NCC1(COCCN1)CO2. The lowest BCUT2D eigenvalue weighted by molar-refractivity contribution is -0.150. The van der Waals surface area contributed by atoms with Gasteiger partial charge in [0.1, 0.15) is 5.72 Å². The molecule has 3 fully saturated rings. The Labute approximate surface area is 103 Å². The Morgan fingerprint density at radius 1 is 1.06 bits per heavy atom. The first-order chi connectivity index (χ1) is 8.04. The van der Waals surface area contributed by atoms with Crippen molar-refractivity contribution in [3.63, 3.8) is 0 Å². The van der Waals surface area contributed by atoms with E-state index in [0.717, 1.165) is 45.8 Å². The molecule has 2 N–H and O–H groups in total. The summed E-state index contributed by atoms with van der Waals surface area (Å²) >= 11 is 0. The van der Waals surface area contributed by atoms with Crippen molar-refractivity contribution in [1.82, 2.24) is 10.6 Å². The standard InChI is InChI=1S/C13H24N2O2/c1-11(2)3-4-13(7-11)15-8-12(10-17-13)9-16-6-5-14-12/h14-15H,3-10H2,1-2H3. The van der Waals surface area contributed by atoms with E-state index in [2.05, 4.69) is 24.5 Å². The molecular weight excluding hydrogens is 216 g/mol. The predicted molar refractivity (Wildman–Crippen MR) is 65.9 cm³/mol. The van der Waals surface area contributed by atoms with Crippen molar-refractivity contribution in [2.24, 2.45) is 5.41 Å². The molecule has 17 heavy (non-hydrogen) atoms. The van der Waals surface area contributed by atoms with Gasteiger partial charge in [-0.25, -0.2) is 0 Å². The summed E-state index contributed by atoms with van der Waals surface area (Å²) in [6, 6.07) is 0. The van der Waals surface area contributed by atoms with Gasteiger partial charge in [-0.2, -0.15) is 0 Å². The molecule has 2 heterocycles. The third-order valence-corrected chi connectivity index (χ3v) is 4.47. The van der Waals surface area contributed by atoms with Gasteiger partial charge in [-0.15, -0.1) is 0 Å². The van der Waals surface area contributed by atoms with Crippen molar-refractivity contribution in [2.75, 3.05) is 32.9 Å². The summed E-state index contributed by atoms with van der Waals surface area (Å²) < 4.78 is 11.8. The van der Waals surface area contributed by atoms with E-state index in [1.165, 1.54) is 6.42 Å². The van der Waals surface area contributed by atoms with Crippen LogP contribution in [0.5, 0.6) is 0 Å². The van der Waals surface area contributed by atoms with Gasteiger partial charge in [0.2, 0.25) is 0 Å². The van der Waals surface area contributed by atoms with E-state index in [1.54, 1.807) is 0 Å². The summed E-state index contributed by atoms with van der Waals surface area (Å²) in [5.41, 5.74) is 0.359. The highest BCUT2D eigenvalue weighted by Gasteiger charge is 2.50. The third kappa shape index (κ3) is 2.24. The van der Waals surface area contributed by atoms with Crippen LogP contribution in [0.4, 0.5) is 0 Å². The number of hydrogen-bond donors (Lipinski definition) is 2. The second-order valence-electron chi connectivity index (χ2n) is 6.74. The molecule has 2 saturated heterocycles. The monoisotopic (exact) mass is 240 g/mol. The summed E-state index contributed by atoms with van der Waals surface area (Å²) in [7, 11) is 0. The topological polar surface area (TPSA) is 42.5 Å². The van der Waals surface area contributed by atoms with Crippen LogP contribution in [0.3, 0.4) is 0 Å². The molecule has 4 nitrogen and oxygen atoms in total. The molecule has 2 atom stereocenters. The highest BCUT2D eigenvalue weighted by molar-refractivity contribution is 5.03. The van der Waals surface area contributed by atoms with E-state index in [4.69, 9.17) is 9.47 Å². The molecule has 0 aromatic carbocycles. The van der Waals surface area contributed by atoms with Gasteiger partial charge in [-0.1, -0.05) is 13.8 Å². The van der Waals surface area contributed by atoms with Crippen LogP contribution in [0.25, 0.3) is 0 Å². The molecule has 0 radical (unpaired) electrons. The molecule has 2 aliphatic heterocycles. The van der Waals surface area contributed by atoms with Crippen LogP contribution >= 0.6 is 0 Å². The molecule has 0 aromatic heterocycles. The lowest BCUT2D eigenvalue weighted by Gasteiger charge is -2.48. The molecule has 3 aliphatic rings. The lowest BCUT2D eigenvalue weighted by Crippen LogP contribution is -2.70. The van der Waals surface area contributed by atoms with Gasteiger partial charge >= 0.3 is 0 Å². The zero-order valence-electron chi connectivity index (χ0n) is 11.0. The molecule has 2 unspecified atom stereocenters. The first kappa shape index (κ1) is 11.9. The highest BCUT2D eigenvalue weighted by atomic mass is 16.5. The van der Waals surface area contributed by atoms with E-state index < -0.39 is 0 Å². The summed E-state index contributed by atoms with van der Waals surface area (Å²) in [6.07, 6.45) is 3.50. The van der Waals surface area contributed by atoms with Gasteiger partial charge in [0.25, 0.3) is 0 Å². The zero-order valence-corrected chi connectivity index (χ0v) is 11.0. The maximum absolute atomic E-state index is 6.20. The van der Waals surface area contributed by atoms with Crippen LogP contribution in [0.2, 0.25) is 0 Å². The summed E-state index contributed by atoms with van der Waals surface area (Å²) in [4.78, 5) is 0. The van der Waals surface area contributed by atoms with E-state index in [1.807, 2.05) is 0 Å². The van der Waals surface area contributed by atoms with Crippen molar-refractivity contribution in [3.05, 3.63) is 0 Å². The van der Waals surface area contributed by atoms with Gasteiger partial charge in [-0.3, -0.25) is 5.32 Å². The number of nitrogens with one attached hydrogen (secondary N) is 2. The molecular formula is C13H24N2O2. The molecule has 0 aromatic rings. The average molecular weight is 240 g/mol. The van der Waals surface area contributed by atoms with E-state index in [0.29, 0.717) is 5.41 Å². The summed E-state index contributed by atoms with van der Waals surface area (Å²) in [6.45, 7) is 8.92. The van der Waals surface area contributed by atoms with Crippen LogP contribution in [0.15, 0.2) is 0 Å². The van der Waals surface area contributed by atoms with Gasteiger partial charge in [-0.05, 0) is 24.7 Å².